The van der Waals surface area contributed by atoms with E-state index in [9.17, 15) is 25.2 Å². The number of H-pyrrole nitrogens is 1. The van der Waals surface area contributed by atoms with Crippen LogP contribution in [0.25, 0.3) is 0 Å². The van der Waals surface area contributed by atoms with Crippen molar-refractivity contribution in [2.45, 2.75) is 51.6 Å². The van der Waals surface area contributed by atoms with E-state index in [0.29, 0.717) is 29.7 Å². The fraction of sp³-hybridized carbons (Fsp3) is 0.364. The molecule has 0 spiro atoms. The van der Waals surface area contributed by atoms with Crippen LogP contribution in [0, 0.1) is 29.6 Å². The number of nitrogens with zero attached hydrogens (tertiary/aromatic N) is 2. The Kier molecular flexibility index (Phi) is 4.93. The first kappa shape index (κ1) is 19.5. The molecule has 6 nitrogen and oxygen atoms in total. The standard InChI is InChI=1S/C22H21N3O3/c1-12(2)18-19(17(9-22(28)4-5-22)13(3)25-21(18)27)20(26)16-7-14(10-23)6-15(8-16)11-24/h6-8,12,28H,4-5,9H2,1-3H3,(H,25,27). The molecule has 28 heavy (non-hydrogen) atoms. The van der Waals surface area contributed by atoms with E-state index in [-0.39, 0.29) is 40.2 Å². The third-order valence-electron chi connectivity index (χ3n) is 5.16. The average Bonchev–Trinajstić information content (AvgIpc) is 3.39. The summed E-state index contributed by atoms with van der Waals surface area (Å²) in [6.07, 6.45) is 1.58. The zero-order chi connectivity index (χ0) is 20.6. The highest BCUT2D eigenvalue weighted by atomic mass is 16.3. The summed E-state index contributed by atoms with van der Waals surface area (Å²) in [5.74, 6) is -0.628. The van der Waals surface area contributed by atoms with Gasteiger partial charge in [-0.15, -0.1) is 0 Å². The van der Waals surface area contributed by atoms with Gasteiger partial charge in [-0.05, 0) is 49.4 Å². The first-order chi connectivity index (χ1) is 13.2. The highest BCUT2D eigenvalue weighted by molar-refractivity contribution is 6.11. The minimum Gasteiger partial charge on any atom is -0.390 e. The Morgan fingerprint density at radius 2 is 1.79 bits per heavy atom. The third kappa shape index (κ3) is 3.60. The number of carbonyl (C=O) groups is 1. The topological polar surface area (TPSA) is 118 Å². The van der Waals surface area contributed by atoms with Crippen LogP contribution in [0.3, 0.4) is 0 Å². The largest absolute Gasteiger partial charge is 0.390 e. The lowest BCUT2D eigenvalue weighted by atomic mass is 9.86. The molecular formula is C22H21N3O3. The molecule has 1 heterocycles. The van der Waals surface area contributed by atoms with Crippen LogP contribution in [0.15, 0.2) is 23.0 Å². The number of nitrogens with one attached hydrogen (secondary N) is 1. The van der Waals surface area contributed by atoms with Gasteiger partial charge in [-0.1, -0.05) is 13.8 Å². The van der Waals surface area contributed by atoms with Crippen molar-refractivity contribution in [1.29, 1.82) is 10.5 Å². The molecule has 0 atom stereocenters. The van der Waals surface area contributed by atoms with E-state index in [0.717, 1.165) is 0 Å². The Labute approximate surface area is 163 Å². The van der Waals surface area contributed by atoms with E-state index in [2.05, 4.69) is 4.98 Å². The first-order valence-electron chi connectivity index (χ1n) is 9.17. The molecule has 3 rings (SSSR count). The number of carbonyl (C=O) groups excluding carboxylic acids is 1. The quantitative estimate of drug-likeness (QED) is 0.779. The van der Waals surface area contributed by atoms with Gasteiger partial charge in [-0.25, -0.2) is 0 Å². The van der Waals surface area contributed by atoms with Crippen molar-refractivity contribution in [3.63, 3.8) is 0 Å². The van der Waals surface area contributed by atoms with E-state index in [1.807, 2.05) is 26.0 Å². The Morgan fingerprint density at radius 3 is 2.25 bits per heavy atom. The van der Waals surface area contributed by atoms with Crippen molar-refractivity contribution in [1.82, 2.24) is 4.98 Å². The molecule has 0 aliphatic heterocycles. The Hall–Kier alpha value is -3.22. The van der Waals surface area contributed by atoms with Crippen LogP contribution in [0.4, 0.5) is 0 Å². The Balaban J connectivity index is 2.28. The maximum absolute atomic E-state index is 13.5. The number of aryl methyl sites for hydroxylation is 1. The molecule has 1 aliphatic rings. The summed E-state index contributed by atoms with van der Waals surface area (Å²) in [5.41, 5.74) is 1.22. The zero-order valence-corrected chi connectivity index (χ0v) is 16.1. The van der Waals surface area contributed by atoms with E-state index >= 15 is 0 Å². The van der Waals surface area contributed by atoms with Gasteiger partial charge in [0.2, 0.25) is 0 Å². The fourth-order valence-electron chi connectivity index (χ4n) is 3.49. The van der Waals surface area contributed by atoms with Gasteiger partial charge in [-0.2, -0.15) is 10.5 Å². The number of aliphatic hydroxyl groups is 1. The number of aromatic nitrogens is 1. The lowest BCUT2D eigenvalue weighted by molar-refractivity contribution is 0.103. The molecule has 1 saturated carbocycles. The Morgan fingerprint density at radius 1 is 1.21 bits per heavy atom. The molecule has 0 amide bonds. The molecule has 1 aliphatic carbocycles. The molecule has 1 aromatic carbocycles. The van der Waals surface area contributed by atoms with Crippen LogP contribution in [-0.4, -0.2) is 21.5 Å². The van der Waals surface area contributed by atoms with Gasteiger partial charge in [0.15, 0.2) is 5.78 Å². The smallest absolute Gasteiger partial charge is 0.252 e. The summed E-state index contributed by atoms with van der Waals surface area (Å²) in [4.78, 5) is 28.9. The van der Waals surface area contributed by atoms with Gasteiger partial charge in [0, 0.05) is 28.8 Å². The summed E-state index contributed by atoms with van der Waals surface area (Å²) < 4.78 is 0. The number of pyridine rings is 1. The number of nitriles is 2. The molecule has 142 valence electrons. The molecule has 0 bridgehead atoms. The number of ketones is 1. The summed E-state index contributed by atoms with van der Waals surface area (Å²) in [7, 11) is 0. The molecule has 2 aromatic rings. The van der Waals surface area contributed by atoms with Crippen molar-refractivity contribution in [3.05, 3.63) is 67.6 Å². The maximum atomic E-state index is 13.5. The normalized spacial score (nSPS) is 14.4. The van der Waals surface area contributed by atoms with Gasteiger partial charge in [0.25, 0.3) is 5.56 Å². The highest BCUT2D eigenvalue weighted by Crippen LogP contribution is 2.40. The number of hydrogen-bond acceptors (Lipinski definition) is 5. The highest BCUT2D eigenvalue weighted by Gasteiger charge is 2.42. The molecular weight excluding hydrogens is 354 g/mol. The third-order valence-corrected chi connectivity index (χ3v) is 5.16. The lowest BCUT2D eigenvalue weighted by Gasteiger charge is -2.20. The molecule has 2 N–H and O–H groups in total. The number of hydrogen-bond donors (Lipinski definition) is 2. The molecule has 1 fully saturated rings. The zero-order valence-electron chi connectivity index (χ0n) is 16.1. The van der Waals surface area contributed by atoms with Crippen LogP contribution in [-0.2, 0) is 6.42 Å². The van der Waals surface area contributed by atoms with Crippen molar-refractivity contribution in [2.75, 3.05) is 0 Å². The summed E-state index contributed by atoms with van der Waals surface area (Å²) >= 11 is 0. The average molecular weight is 375 g/mol. The van der Waals surface area contributed by atoms with Gasteiger partial charge >= 0.3 is 0 Å². The monoisotopic (exact) mass is 375 g/mol. The predicted octanol–water partition coefficient (Wildman–Crippen LogP) is 2.85. The van der Waals surface area contributed by atoms with Crippen molar-refractivity contribution in [2.24, 2.45) is 0 Å². The first-order valence-corrected chi connectivity index (χ1v) is 9.17. The van der Waals surface area contributed by atoms with Crippen LogP contribution in [0.2, 0.25) is 0 Å². The van der Waals surface area contributed by atoms with Gasteiger partial charge in [0.05, 0.1) is 28.9 Å². The second-order valence-electron chi connectivity index (χ2n) is 7.75. The molecule has 0 unspecified atom stereocenters. The van der Waals surface area contributed by atoms with Crippen molar-refractivity contribution >= 4 is 5.78 Å². The molecule has 1 aromatic heterocycles. The summed E-state index contributed by atoms with van der Waals surface area (Å²) in [6.45, 7) is 5.38. The van der Waals surface area contributed by atoms with E-state index in [4.69, 9.17) is 0 Å². The fourth-order valence-corrected chi connectivity index (χ4v) is 3.49. The number of benzene rings is 1. The predicted molar refractivity (Wildman–Crippen MR) is 103 cm³/mol. The second kappa shape index (κ2) is 7.07. The van der Waals surface area contributed by atoms with Crippen LogP contribution in [0.5, 0.6) is 0 Å². The SMILES string of the molecule is Cc1[nH]c(=O)c(C(C)C)c(C(=O)c2cc(C#N)cc(C#N)c2)c1CC1(O)CC1. The summed E-state index contributed by atoms with van der Waals surface area (Å²) in [6, 6.07) is 8.19. The Bertz CT molecular complexity index is 1080. The molecule has 0 saturated heterocycles. The molecule has 0 radical (unpaired) electrons. The molecule has 6 heteroatoms. The minimum absolute atomic E-state index is 0.187. The lowest BCUT2D eigenvalue weighted by Crippen LogP contribution is -2.26. The van der Waals surface area contributed by atoms with Gasteiger partial charge in [0.1, 0.15) is 0 Å². The second-order valence-corrected chi connectivity index (χ2v) is 7.75. The van der Waals surface area contributed by atoms with Gasteiger partial charge < -0.3 is 10.1 Å². The minimum atomic E-state index is -0.849. The number of rotatable bonds is 5. The van der Waals surface area contributed by atoms with E-state index in [1.54, 1.807) is 6.92 Å². The van der Waals surface area contributed by atoms with Crippen molar-refractivity contribution < 1.29 is 9.90 Å². The van der Waals surface area contributed by atoms with Crippen molar-refractivity contribution in [3.8, 4) is 12.1 Å². The number of aromatic amines is 1. The van der Waals surface area contributed by atoms with Gasteiger partial charge in [-0.3, -0.25) is 9.59 Å². The summed E-state index contributed by atoms with van der Waals surface area (Å²) in [5, 5.41) is 28.9. The van der Waals surface area contributed by atoms with E-state index in [1.165, 1.54) is 18.2 Å². The van der Waals surface area contributed by atoms with Crippen LogP contribution in [0.1, 0.15) is 76.5 Å². The van der Waals surface area contributed by atoms with Crippen LogP contribution >= 0.6 is 0 Å². The van der Waals surface area contributed by atoms with E-state index < -0.39 is 11.4 Å². The van der Waals surface area contributed by atoms with Crippen LogP contribution < -0.4 is 5.56 Å². The maximum Gasteiger partial charge on any atom is 0.252 e.